The fourth-order valence-electron chi connectivity index (χ4n) is 4.14. The highest BCUT2D eigenvalue weighted by molar-refractivity contribution is 6.00. The SMILES string of the molecule is CCCC(=O)N1C[C@@H](C(=O)N[C@@H](Cc2ccccc2)[C@H](O)CNCc2cccc(N(C)C)c2)NC1=O. The number of anilines is 1. The van der Waals surface area contributed by atoms with Crippen LogP contribution >= 0.6 is 0 Å². The summed E-state index contributed by atoms with van der Waals surface area (Å²) >= 11 is 0. The van der Waals surface area contributed by atoms with Crippen LogP contribution < -0.4 is 20.9 Å². The fraction of sp³-hybridized carbons (Fsp3) is 0.444. The third-order valence-corrected chi connectivity index (χ3v) is 6.19. The molecule has 3 rings (SSSR count). The molecule has 2 aromatic rings. The number of hydrogen-bond acceptors (Lipinski definition) is 6. The zero-order valence-corrected chi connectivity index (χ0v) is 21.2. The Balaban J connectivity index is 1.62. The Morgan fingerprint density at radius 3 is 2.56 bits per heavy atom. The second-order valence-corrected chi connectivity index (χ2v) is 9.32. The minimum absolute atomic E-state index is 0.0158. The molecular weight excluding hydrogens is 458 g/mol. The molecule has 9 nitrogen and oxygen atoms in total. The summed E-state index contributed by atoms with van der Waals surface area (Å²) in [5, 5.41) is 19.8. The van der Waals surface area contributed by atoms with E-state index in [0.717, 1.165) is 21.7 Å². The summed E-state index contributed by atoms with van der Waals surface area (Å²) in [5.41, 5.74) is 3.15. The van der Waals surface area contributed by atoms with Crippen molar-refractivity contribution in [2.45, 2.75) is 50.9 Å². The summed E-state index contributed by atoms with van der Waals surface area (Å²) < 4.78 is 0. The fourth-order valence-corrected chi connectivity index (χ4v) is 4.14. The van der Waals surface area contributed by atoms with Gasteiger partial charge in [-0.2, -0.15) is 0 Å². The van der Waals surface area contributed by atoms with E-state index in [1.165, 1.54) is 0 Å². The molecule has 0 radical (unpaired) electrons. The van der Waals surface area contributed by atoms with Crippen LogP contribution in [0.5, 0.6) is 0 Å². The molecule has 194 valence electrons. The Labute approximate surface area is 212 Å². The van der Waals surface area contributed by atoms with Crippen molar-refractivity contribution in [2.75, 3.05) is 32.1 Å². The van der Waals surface area contributed by atoms with Gasteiger partial charge in [-0.05, 0) is 36.1 Å². The van der Waals surface area contributed by atoms with Crippen molar-refractivity contribution in [3.8, 4) is 0 Å². The number of aliphatic hydroxyl groups excluding tert-OH is 1. The number of nitrogens with one attached hydrogen (secondary N) is 3. The molecule has 1 aliphatic heterocycles. The van der Waals surface area contributed by atoms with Gasteiger partial charge in [0, 0.05) is 39.3 Å². The first-order valence-corrected chi connectivity index (χ1v) is 12.4. The Morgan fingerprint density at radius 1 is 1.14 bits per heavy atom. The number of amides is 4. The summed E-state index contributed by atoms with van der Waals surface area (Å²) in [6, 6.07) is 15.7. The quantitative estimate of drug-likeness (QED) is 0.356. The lowest BCUT2D eigenvalue weighted by molar-refractivity contribution is -0.128. The molecule has 9 heteroatoms. The number of benzene rings is 2. The smallest absolute Gasteiger partial charge is 0.324 e. The molecular formula is C27H37N5O4. The van der Waals surface area contributed by atoms with Gasteiger partial charge in [-0.3, -0.25) is 14.5 Å². The van der Waals surface area contributed by atoms with Crippen LogP contribution in [0.1, 0.15) is 30.9 Å². The molecule has 1 saturated heterocycles. The number of carbonyl (C=O) groups excluding carboxylic acids is 3. The summed E-state index contributed by atoms with van der Waals surface area (Å²) in [4.78, 5) is 40.5. The topological polar surface area (TPSA) is 114 Å². The van der Waals surface area contributed by atoms with Gasteiger partial charge in [-0.25, -0.2) is 4.79 Å². The summed E-state index contributed by atoms with van der Waals surface area (Å²) in [6.45, 7) is 2.68. The molecule has 36 heavy (non-hydrogen) atoms. The van der Waals surface area contributed by atoms with E-state index in [-0.39, 0.29) is 25.4 Å². The molecule has 0 unspecified atom stereocenters. The Bertz CT molecular complexity index is 1030. The third-order valence-electron chi connectivity index (χ3n) is 6.19. The van der Waals surface area contributed by atoms with Crippen molar-refractivity contribution in [3.05, 3.63) is 65.7 Å². The maximum absolute atomic E-state index is 13.0. The molecule has 1 aliphatic rings. The van der Waals surface area contributed by atoms with Crippen LogP contribution in [0.3, 0.4) is 0 Å². The second kappa shape index (κ2) is 13.0. The molecule has 1 fully saturated rings. The van der Waals surface area contributed by atoms with E-state index in [1.54, 1.807) is 0 Å². The van der Waals surface area contributed by atoms with Crippen LogP contribution in [0.15, 0.2) is 54.6 Å². The van der Waals surface area contributed by atoms with E-state index in [2.05, 4.69) is 22.0 Å². The van der Waals surface area contributed by atoms with Crippen LogP contribution in [0.4, 0.5) is 10.5 Å². The lowest BCUT2D eigenvalue weighted by Gasteiger charge is -2.26. The number of hydrogen-bond donors (Lipinski definition) is 4. The van der Waals surface area contributed by atoms with Crippen LogP contribution in [-0.2, 0) is 22.6 Å². The highest BCUT2D eigenvalue weighted by Crippen LogP contribution is 2.14. The van der Waals surface area contributed by atoms with E-state index >= 15 is 0 Å². The van der Waals surface area contributed by atoms with Crippen molar-refractivity contribution in [3.63, 3.8) is 0 Å². The third kappa shape index (κ3) is 7.53. The number of urea groups is 1. The molecule has 0 saturated carbocycles. The highest BCUT2D eigenvalue weighted by atomic mass is 16.3. The lowest BCUT2D eigenvalue weighted by Crippen LogP contribution is -2.53. The first-order chi connectivity index (χ1) is 17.3. The highest BCUT2D eigenvalue weighted by Gasteiger charge is 2.37. The molecule has 0 aliphatic carbocycles. The molecule has 0 bridgehead atoms. The molecule has 0 aromatic heterocycles. The maximum atomic E-state index is 13.0. The lowest BCUT2D eigenvalue weighted by atomic mass is 10.0. The standard InChI is InChI=1S/C27H37N5O4/c1-4-9-25(34)32-18-23(30-27(32)36)26(35)29-22(15-19-10-6-5-7-11-19)24(33)17-28-16-20-12-8-13-21(14-20)31(2)3/h5-8,10-14,22-24,28,33H,4,9,15-18H2,1-3H3,(H,29,35)(H,30,36)/t22-,23-,24+/m0/s1. The van der Waals surface area contributed by atoms with Gasteiger partial charge in [-0.1, -0.05) is 49.4 Å². The number of carbonyl (C=O) groups is 3. The minimum Gasteiger partial charge on any atom is -0.390 e. The summed E-state index contributed by atoms with van der Waals surface area (Å²) in [7, 11) is 3.97. The normalized spacial score (nSPS) is 16.8. The van der Waals surface area contributed by atoms with Crippen molar-refractivity contribution >= 4 is 23.5 Å². The zero-order valence-electron chi connectivity index (χ0n) is 21.2. The van der Waals surface area contributed by atoms with Crippen LogP contribution in [0.2, 0.25) is 0 Å². The second-order valence-electron chi connectivity index (χ2n) is 9.32. The molecule has 4 N–H and O–H groups in total. The largest absolute Gasteiger partial charge is 0.390 e. The molecule has 3 atom stereocenters. The zero-order chi connectivity index (χ0) is 26.1. The Morgan fingerprint density at radius 2 is 1.86 bits per heavy atom. The predicted molar refractivity (Wildman–Crippen MR) is 139 cm³/mol. The monoisotopic (exact) mass is 495 g/mol. The Kier molecular flexibility index (Phi) is 9.84. The number of rotatable bonds is 12. The molecule has 0 spiro atoms. The van der Waals surface area contributed by atoms with Gasteiger partial charge in [0.25, 0.3) is 0 Å². The molecule has 2 aromatic carbocycles. The Hall–Kier alpha value is -3.43. The molecule has 1 heterocycles. The first-order valence-electron chi connectivity index (χ1n) is 12.4. The van der Waals surface area contributed by atoms with E-state index in [4.69, 9.17) is 0 Å². The number of imide groups is 1. The van der Waals surface area contributed by atoms with E-state index < -0.39 is 30.1 Å². The van der Waals surface area contributed by atoms with Gasteiger partial charge < -0.3 is 26.0 Å². The van der Waals surface area contributed by atoms with Gasteiger partial charge in [0.15, 0.2) is 0 Å². The van der Waals surface area contributed by atoms with E-state index in [0.29, 0.717) is 19.4 Å². The maximum Gasteiger partial charge on any atom is 0.324 e. The minimum atomic E-state index is -0.874. The number of nitrogens with zero attached hydrogens (tertiary/aromatic N) is 2. The van der Waals surface area contributed by atoms with Crippen molar-refractivity contribution in [1.29, 1.82) is 0 Å². The van der Waals surface area contributed by atoms with Crippen LogP contribution in [0.25, 0.3) is 0 Å². The average Bonchev–Trinajstić information content (AvgIpc) is 3.26. The van der Waals surface area contributed by atoms with Gasteiger partial charge in [-0.15, -0.1) is 0 Å². The van der Waals surface area contributed by atoms with Gasteiger partial charge in [0.1, 0.15) is 6.04 Å². The average molecular weight is 496 g/mol. The van der Waals surface area contributed by atoms with E-state index in [1.807, 2.05) is 74.4 Å². The number of aliphatic hydroxyl groups is 1. The predicted octanol–water partition coefficient (Wildman–Crippen LogP) is 1.65. The van der Waals surface area contributed by atoms with Gasteiger partial charge in [0.2, 0.25) is 11.8 Å². The van der Waals surface area contributed by atoms with Gasteiger partial charge in [0.05, 0.1) is 18.7 Å². The van der Waals surface area contributed by atoms with Gasteiger partial charge >= 0.3 is 6.03 Å². The summed E-state index contributed by atoms with van der Waals surface area (Å²) in [5.74, 6) is -0.720. The van der Waals surface area contributed by atoms with Crippen molar-refractivity contribution in [1.82, 2.24) is 20.9 Å². The van der Waals surface area contributed by atoms with Crippen molar-refractivity contribution in [2.24, 2.45) is 0 Å². The first kappa shape index (κ1) is 27.2. The molecule has 4 amide bonds. The van der Waals surface area contributed by atoms with Crippen LogP contribution in [0, 0.1) is 0 Å². The van der Waals surface area contributed by atoms with Crippen LogP contribution in [-0.4, -0.2) is 73.2 Å². The van der Waals surface area contributed by atoms with E-state index in [9.17, 15) is 19.5 Å². The van der Waals surface area contributed by atoms with Crippen molar-refractivity contribution < 1.29 is 19.5 Å². The summed E-state index contributed by atoms with van der Waals surface area (Å²) in [6.07, 6.45) is 0.420.